The predicted octanol–water partition coefficient (Wildman–Crippen LogP) is 1.02. The number of anilines is 1. The zero-order valence-corrected chi connectivity index (χ0v) is 9.99. The lowest BCUT2D eigenvalue weighted by Gasteiger charge is -2.06. The zero-order chi connectivity index (χ0) is 12.3. The summed E-state index contributed by atoms with van der Waals surface area (Å²) in [6, 6.07) is 3.55. The third kappa shape index (κ3) is 2.76. The van der Waals surface area contributed by atoms with Crippen molar-refractivity contribution < 1.29 is 4.52 Å². The van der Waals surface area contributed by atoms with Gasteiger partial charge in [-0.05, 0) is 13.0 Å². The molecule has 6 nitrogen and oxygen atoms in total. The summed E-state index contributed by atoms with van der Waals surface area (Å²) in [5.41, 5.74) is 7.06. The van der Waals surface area contributed by atoms with Gasteiger partial charge in [-0.3, -0.25) is 0 Å². The summed E-state index contributed by atoms with van der Waals surface area (Å²) in [4.78, 5) is 0.274. The van der Waals surface area contributed by atoms with Crippen molar-refractivity contribution in [1.82, 2.24) is 15.4 Å². The molecule has 0 aliphatic rings. The first-order valence-corrected chi connectivity index (χ1v) is 5.35. The average Bonchev–Trinajstić information content (AvgIpc) is 2.73. The molecule has 2 rings (SSSR count). The van der Waals surface area contributed by atoms with Gasteiger partial charge < -0.3 is 15.6 Å². The minimum absolute atomic E-state index is 0.274. The first kappa shape index (κ1) is 11.5. The number of rotatable bonds is 4. The van der Waals surface area contributed by atoms with Crippen LogP contribution >= 0.6 is 12.2 Å². The van der Waals surface area contributed by atoms with Crippen molar-refractivity contribution in [2.45, 2.75) is 13.5 Å². The van der Waals surface area contributed by atoms with E-state index in [-0.39, 0.29) is 4.99 Å². The molecule has 0 aromatic carbocycles. The van der Waals surface area contributed by atoms with E-state index >= 15 is 0 Å². The van der Waals surface area contributed by atoms with E-state index in [0.29, 0.717) is 23.7 Å². The molecule has 0 saturated carbocycles. The summed E-state index contributed by atoms with van der Waals surface area (Å²) < 4.78 is 5.06. The largest absolute Gasteiger partial charge is 0.389 e. The van der Waals surface area contributed by atoms with Crippen molar-refractivity contribution in [1.29, 1.82) is 0 Å². The van der Waals surface area contributed by atoms with Gasteiger partial charge in [0.25, 0.3) is 0 Å². The van der Waals surface area contributed by atoms with E-state index in [9.17, 15) is 0 Å². The van der Waals surface area contributed by atoms with Crippen LogP contribution in [0.25, 0.3) is 0 Å². The van der Waals surface area contributed by atoms with Crippen LogP contribution in [0.2, 0.25) is 0 Å². The molecule has 0 amide bonds. The number of aromatic nitrogens is 3. The fraction of sp³-hybridized carbons (Fsp3) is 0.200. The first-order chi connectivity index (χ1) is 8.16. The van der Waals surface area contributed by atoms with Gasteiger partial charge in [0.2, 0.25) is 0 Å². The summed E-state index contributed by atoms with van der Waals surface area (Å²) in [5.74, 6) is 1.25. The van der Waals surface area contributed by atoms with Crippen molar-refractivity contribution in [2.24, 2.45) is 5.73 Å². The SMILES string of the molecule is Cc1cc(CNc2nnccc2C(N)=S)on1. The maximum Gasteiger partial charge on any atom is 0.159 e. The highest BCUT2D eigenvalue weighted by Crippen LogP contribution is 2.12. The smallest absolute Gasteiger partial charge is 0.159 e. The predicted molar refractivity (Wildman–Crippen MR) is 66.5 cm³/mol. The molecule has 0 fully saturated rings. The highest BCUT2D eigenvalue weighted by Gasteiger charge is 2.07. The molecule has 0 aliphatic heterocycles. The number of hydrogen-bond acceptors (Lipinski definition) is 6. The van der Waals surface area contributed by atoms with Gasteiger partial charge in [-0.25, -0.2) is 0 Å². The lowest BCUT2D eigenvalue weighted by Crippen LogP contribution is -2.14. The molecule has 0 radical (unpaired) electrons. The van der Waals surface area contributed by atoms with Crippen molar-refractivity contribution in [2.75, 3.05) is 5.32 Å². The maximum atomic E-state index is 5.58. The van der Waals surface area contributed by atoms with Gasteiger partial charge in [0, 0.05) is 6.07 Å². The topological polar surface area (TPSA) is 89.9 Å². The summed E-state index contributed by atoms with van der Waals surface area (Å²) in [6.45, 7) is 2.31. The second-order valence-electron chi connectivity index (χ2n) is 3.45. The number of nitrogens with two attached hydrogens (primary N) is 1. The monoisotopic (exact) mass is 249 g/mol. The van der Waals surface area contributed by atoms with Crippen LogP contribution in [-0.2, 0) is 6.54 Å². The van der Waals surface area contributed by atoms with Gasteiger partial charge >= 0.3 is 0 Å². The molecule has 88 valence electrons. The molecule has 0 unspecified atom stereocenters. The van der Waals surface area contributed by atoms with Crippen LogP contribution in [0.15, 0.2) is 22.9 Å². The van der Waals surface area contributed by atoms with Crippen molar-refractivity contribution in [3.05, 3.63) is 35.3 Å². The molecule has 0 atom stereocenters. The average molecular weight is 249 g/mol. The third-order valence-electron chi connectivity index (χ3n) is 2.09. The Hall–Kier alpha value is -2.02. The van der Waals surface area contributed by atoms with E-state index in [4.69, 9.17) is 22.5 Å². The maximum absolute atomic E-state index is 5.58. The lowest BCUT2D eigenvalue weighted by atomic mass is 10.3. The molecular formula is C10H11N5OS. The molecule has 7 heteroatoms. The summed E-state index contributed by atoms with van der Waals surface area (Å²) >= 11 is 4.92. The highest BCUT2D eigenvalue weighted by atomic mass is 32.1. The van der Waals surface area contributed by atoms with Crippen molar-refractivity contribution >= 4 is 23.0 Å². The number of nitrogens with zero attached hydrogens (tertiary/aromatic N) is 3. The molecule has 2 heterocycles. The Balaban J connectivity index is 2.11. The Morgan fingerprint density at radius 1 is 1.59 bits per heavy atom. The van der Waals surface area contributed by atoms with Crippen LogP contribution in [0, 0.1) is 6.92 Å². The molecule has 0 aliphatic carbocycles. The van der Waals surface area contributed by atoms with Gasteiger partial charge in [-0.1, -0.05) is 17.4 Å². The van der Waals surface area contributed by atoms with Gasteiger partial charge in [-0.2, -0.15) is 5.10 Å². The Morgan fingerprint density at radius 3 is 3.06 bits per heavy atom. The number of thiocarbonyl (C=S) groups is 1. The molecular weight excluding hydrogens is 238 g/mol. The highest BCUT2D eigenvalue weighted by molar-refractivity contribution is 7.80. The first-order valence-electron chi connectivity index (χ1n) is 4.94. The van der Waals surface area contributed by atoms with Gasteiger partial charge in [0.15, 0.2) is 11.6 Å². The Bertz CT molecular complexity index is 539. The van der Waals surface area contributed by atoms with Crippen molar-refractivity contribution in [3.63, 3.8) is 0 Å². The van der Waals surface area contributed by atoms with Crippen LogP contribution in [0.3, 0.4) is 0 Å². The lowest BCUT2D eigenvalue weighted by molar-refractivity contribution is 0.384. The van der Waals surface area contributed by atoms with Gasteiger partial charge in [-0.15, -0.1) is 5.10 Å². The molecule has 2 aromatic heterocycles. The Morgan fingerprint density at radius 2 is 2.41 bits per heavy atom. The molecule has 0 bridgehead atoms. The number of aryl methyl sites for hydroxylation is 1. The van der Waals surface area contributed by atoms with E-state index in [1.165, 1.54) is 6.20 Å². The minimum atomic E-state index is 0.274. The van der Waals surface area contributed by atoms with E-state index in [1.807, 2.05) is 13.0 Å². The summed E-state index contributed by atoms with van der Waals surface area (Å²) in [7, 11) is 0. The van der Waals surface area contributed by atoms with Gasteiger partial charge in [0.05, 0.1) is 24.0 Å². The number of nitrogens with one attached hydrogen (secondary N) is 1. The molecule has 0 spiro atoms. The van der Waals surface area contributed by atoms with Crippen LogP contribution in [-0.4, -0.2) is 20.3 Å². The standard InChI is InChI=1S/C10H11N5OS/c1-6-4-7(16-15-6)5-12-10-8(9(11)17)2-3-13-14-10/h2-4H,5H2,1H3,(H2,11,17)(H,12,14). The Kier molecular flexibility index (Phi) is 3.29. The second kappa shape index (κ2) is 4.88. The third-order valence-corrected chi connectivity index (χ3v) is 2.31. The van der Waals surface area contributed by atoms with Crippen molar-refractivity contribution in [3.8, 4) is 0 Å². The summed E-state index contributed by atoms with van der Waals surface area (Å²) in [5, 5.41) is 14.5. The van der Waals surface area contributed by atoms with Crippen LogP contribution in [0.5, 0.6) is 0 Å². The van der Waals surface area contributed by atoms with E-state index < -0.39 is 0 Å². The summed E-state index contributed by atoms with van der Waals surface area (Å²) in [6.07, 6.45) is 1.54. The second-order valence-corrected chi connectivity index (χ2v) is 3.89. The fourth-order valence-electron chi connectivity index (χ4n) is 1.33. The normalized spacial score (nSPS) is 10.2. The van der Waals surface area contributed by atoms with Crippen LogP contribution < -0.4 is 11.1 Å². The fourth-order valence-corrected chi connectivity index (χ4v) is 1.50. The van der Waals surface area contributed by atoms with Gasteiger partial charge in [0.1, 0.15) is 4.99 Å². The molecule has 0 saturated heterocycles. The molecule has 3 N–H and O–H groups in total. The number of hydrogen-bond donors (Lipinski definition) is 2. The van der Waals surface area contributed by atoms with Crippen LogP contribution in [0.4, 0.5) is 5.82 Å². The molecule has 17 heavy (non-hydrogen) atoms. The van der Waals surface area contributed by atoms with E-state index in [0.717, 1.165) is 5.69 Å². The van der Waals surface area contributed by atoms with Crippen LogP contribution in [0.1, 0.15) is 17.0 Å². The zero-order valence-electron chi connectivity index (χ0n) is 9.17. The quantitative estimate of drug-likeness (QED) is 0.782. The van der Waals surface area contributed by atoms with E-state index in [1.54, 1.807) is 6.07 Å². The minimum Gasteiger partial charge on any atom is -0.389 e. The Labute approximate surface area is 103 Å². The van der Waals surface area contributed by atoms with E-state index in [2.05, 4.69) is 20.7 Å². The molecule has 2 aromatic rings.